The Kier molecular flexibility index (Phi) is 4.35. The second kappa shape index (κ2) is 6.82. The molecule has 1 fully saturated rings. The highest BCUT2D eigenvalue weighted by Crippen LogP contribution is 2.31. The van der Waals surface area contributed by atoms with Gasteiger partial charge in [-0.25, -0.2) is 19.9 Å². The molecule has 0 saturated heterocycles. The van der Waals surface area contributed by atoms with Crippen LogP contribution in [0.1, 0.15) is 40.4 Å². The van der Waals surface area contributed by atoms with Crippen LogP contribution >= 0.6 is 0 Å². The van der Waals surface area contributed by atoms with Crippen LogP contribution in [0.4, 0.5) is 5.82 Å². The normalized spacial score (nSPS) is 13.7. The zero-order valence-corrected chi connectivity index (χ0v) is 15.3. The Labute approximate surface area is 156 Å². The van der Waals surface area contributed by atoms with Gasteiger partial charge in [-0.1, -0.05) is 0 Å². The summed E-state index contributed by atoms with van der Waals surface area (Å²) in [6.07, 6.45) is 7.35. The van der Waals surface area contributed by atoms with Gasteiger partial charge in [0.1, 0.15) is 12.0 Å². The fraction of sp³-hybridized carbons (Fsp3) is 0.389. The van der Waals surface area contributed by atoms with Gasteiger partial charge in [-0.05, 0) is 32.6 Å². The molecule has 27 heavy (non-hydrogen) atoms. The van der Waals surface area contributed by atoms with Gasteiger partial charge in [0.2, 0.25) is 5.89 Å². The van der Waals surface area contributed by atoms with Crippen LogP contribution in [0, 0.1) is 19.8 Å². The minimum atomic E-state index is -0.391. The first-order chi connectivity index (χ1) is 13.0. The molecule has 0 aromatic carbocycles. The molecule has 0 atom stereocenters. The molecule has 3 aromatic heterocycles. The monoisotopic (exact) mass is 367 g/mol. The average Bonchev–Trinajstić information content (AvgIpc) is 3.17. The summed E-state index contributed by atoms with van der Waals surface area (Å²) in [4.78, 5) is 29.5. The molecule has 1 amide bonds. The number of nitrogens with two attached hydrogens (primary N) is 1. The number of nitrogen functional groups attached to an aromatic ring is 1. The highest BCUT2D eigenvalue weighted by Gasteiger charge is 2.23. The molecule has 0 aliphatic heterocycles. The lowest BCUT2D eigenvalue weighted by molar-refractivity contribution is 0.0946. The zero-order valence-electron chi connectivity index (χ0n) is 15.3. The zero-order chi connectivity index (χ0) is 19.0. The number of imidazole rings is 1. The van der Waals surface area contributed by atoms with Crippen molar-refractivity contribution < 1.29 is 9.21 Å². The molecule has 0 bridgehead atoms. The summed E-state index contributed by atoms with van der Waals surface area (Å²) < 4.78 is 7.37. The molecule has 3 N–H and O–H groups in total. The third kappa shape index (κ3) is 3.53. The Morgan fingerprint density at radius 2 is 2.15 bits per heavy atom. The van der Waals surface area contributed by atoms with Crippen LogP contribution in [0.3, 0.4) is 0 Å². The van der Waals surface area contributed by atoms with Gasteiger partial charge in [-0.15, -0.1) is 0 Å². The minimum absolute atomic E-state index is 0.0299. The molecular weight excluding hydrogens is 346 g/mol. The smallest absolute Gasteiger partial charge is 0.274 e. The number of hydrogen-bond acceptors (Lipinski definition) is 7. The molecule has 0 spiro atoms. The highest BCUT2D eigenvalue weighted by molar-refractivity contribution is 5.96. The van der Waals surface area contributed by atoms with Crippen molar-refractivity contribution in [2.45, 2.75) is 39.8 Å². The Bertz CT molecular complexity index is 974. The van der Waals surface area contributed by atoms with E-state index in [1.165, 1.54) is 25.3 Å². The molecule has 3 heterocycles. The number of aryl methyl sites for hydroxylation is 1. The fourth-order valence-corrected chi connectivity index (χ4v) is 2.91. The average molecular weight is 367 g/mol. The van der Waals surface area contributed by atoms with Crippen molar-refractivity contribution in [3.8, 4) is 11.6 Å². The van der Waals surface area contributed by atoms with E-state index in [1.807, 2.05) is 13.3 Å². The quantitative estimate of drug-likeness (QED) is 0.681. The summed E-state index contributed by atoms with van der Waals surface area (Å²) in [5.74, 6) is 0.719. The SMILES string of the molecule is Cc1nc(C(=O)NCc2ncn(CC3CC3)c2C)c(N)nc1-c1ncco1. The Morgan fingerprint density at radius 1 is 1.33 bits per heavy atom. The second-order valence-electron chi connectivity index (χ2n) is 6.78. The number of amides is 1. The maximum atomic E-state index is 12.5. The third-order valence-electron chi connectivity index (χ3n) is 4.72. The van der Waals surface area contributed by atoms with E-state index < -0.39 is 5.91 Å². The maximum absolute atomic E-state index is 12.5. The van der Waals surface area contributed by atoms with E-state index in [-0.39, 0.29) is 11.5 Å². The predicted octanol–water partition coefficient (Wildman–Crippen LogP) is 1.87. The molecule has 3 aromatic rings. The summed E-state index contributed by atoms with van der Waals surface area (Å²) >= 11 is 0. The van der Waals surface area contributed by atoms with Crippen molar-refractivity contribution in [1.82, 2.24) is 29.8 Å². The standard InChI is InChI=1S/C18H21N7O2/c1-10-14(18-20-5-6-27-18)24-16(19)15(23-10)17(26)21-7-13-11(2)25(9-22-13)8-12-3-4-12/h5-6,9,12H,3-4,7-8H2,1-2H3,(H2,19,24)(H,21,26). The Balaban J connectivity index is 1.47. The van der Waals surface area contributed by atoms with Gasteiger partial charge in [0, 0.05) is 12.2 Å². The molecule has 140 valence electrons. The number of nitrogens with zero attached hydrogens (tertiary/aromatic N) is 5. The lowest BCUT2D eigenvalue weighted by atomic mass is 10.2. The van der Waals surface area contributed by atoms with Crippen molar-refractivity contribution in [3.63, 3.8) is 0 Å². The number of carbonyl (C=O) groups is 1. The van der Waals surface area contributed by atoms with E-state index in [2.05, 4.69) is 29.8 Å². The van der Waals surface area contributed by atoms with Crippen LogP contribution in [0.5, 0.6) is 0 Å². The van der Waals surface area contributed by atoms with Gasteiger partial charge in [0.25, 0.3) is 5.91 Å². The van der Waals surface area contributed by atoms with Gasteiger partial charge in [0.05, 0.1) is 30.5 Å². The molecule has 1 aliphatic rings. The second-order valence-corrected chi connectivity index (χ2v) is 6.78. The largest absolute Gasteiger partial charge is 0.443 e. The van der Waals surface area contributed by atoms with Crippen molar-refractivity contribution in [3.05, 3.63) is 41.6 Å². The lowest BCUT2D eigenvalue weighted by Gasteiger charge is -2.09. The molecule has 0 unspecified atom stereocenters. The topological polar surface area (TPSA) is 125 Å². The maximum Gasteiger partial charge on any atom is 0.274 e. The molecule has 4 rings (SSSR count). The first kappa shape index (κ1) is 17.2. The highest BCUT2D eigenvalue weighted by atomic mass is 16.3. The van der Waals surface area contributed by atoms with Gasteiger partial charge in [-0.3, -0.25) is 4.79 Å². The fourth-order valence-electron chi connectivity index (χ4n) is 2.91. The van der Waals surface area contributed by atoms with Crippen LogP contribution in [0.15, 0.2) is 23.2 Å². The first-order valence-corrected chi connectivity index (χ1v) is 8.85. The summed E-state index contributed by atoms with van der Waals surface area (Å²) in [6.45, 7) is 5.05. The Morgan fingerprint density at radius 3 is 2.85 bits per heavy atom. The van der Waals surface area contributed by atoms with Crippen molar-refractivity contribution in [1.29, 1.82) is 0 Å². The van der Waals surface area contributed by atoms with Crippen molar-refractivity contribution in [2.75, 3.05) is 5.73 Å². The summed E-state index contributed by atoms with van der Waals surface area (Å²) in [5, 5.41) is 2.82. The molecule has 9 heteroatoms. The van der Waals surface area contributed by atoms with Gasteiger partial charge >= 0.3 is 0 Å². The number of nitrogens with one attached hydrogen (secondary N) is 1. The molecule has 0 radical (unpaired) electrons. The van der Waals surface area contributed by atoms with Crippen molar-refractivity contribution in [2.24, 2.45) is 5.92 Å². The lowest BCUT2D eigenvalue weighted by Crippen LogP contribution is -2.26. The molecular formula is C18H21N7O2. The van der Waals surface area contributed by atoms with E-state index in [0.29, 0.717) is 23.8 Å². The van der Waals surface area contributed by atoms with E-state index in [9.17, 15) is 4.79 Å². The molecule has 1 saturated carbocycles. The summed E-state index contributed by atoms with van der Waals surface area (Å²) in [6, 6.07) is 0. The number of carbonyl (C=O) groups excluding carboxylic acids is 1. The third-order valence-corrected chi connectivity index (χ3v) is 4.72. The number of aromatic nitrogens is 5. The number of oxazole rings is 1. The number of rotatable bonds is 6. The van der Waals surface area contributed by atoms with Gasteiger partial charge in [0.15, 0.2) is 11.5 Å². The van der Waals surface area contributed by atoms with E-state index >= 15 is 0 Å². The summed E-state index contributed by atoms with van der Waals surface area (Å²) in [5.41, 5.74) is 8.86. The predicted molar refractivity (Wildman–Crippen MR) is 97.5 cm³/mol. The van der Waals surface area contributed by atoms with E-state index in [0.717, 1.165) is 23.9 Å². The van der Waals surface area contributed by atoms with E-state index in [4.69, 9.17) is 10.2 Å². The minimum Gasteiger partial charge on any atom is -0.443 e. The van der Waals surface area contributed by atoms with Crippen LogP contribution < -0.4 is 11.1 Å². The van der Waals surface area contributed by atoms with Crippen LogP contribution in [-0.4, -0.2) is 30.4 Å². The van der Waals surface area contributed by atoms with Gasteiger partial charge in [-0.2, -0.15) is 0 Å². The molecule has 9 nitrogen and oxygen atoms in total. The van der Waals surface area contributed by atoms with Crippen LogP contribution in [0.2, 0.25) is 0 Å². The van der Waals surface area contributed by atoms with Crippen molar-refractivity contribution >= 4 is 11.7 Å². The first-order valence-electron chi connectivity index (χ1n) is 8.85. The van der Waals surface area contributed by atoms with Crippen LogP contribution in [-0.2, 0) is 13.1 Å². The number of anilines is 1. The van der Waals surface area contributed by atoms with Crippen LogP contribution in [0.25, 0.3) is 11.6 Å². The molecule has 1 aliphatic carbocycles. The Hall–Kier alpha value is -3.23. The van der Waals surface area contributed by atoms with Gasteiger partial charge < -0.3 is 20.0 Å². The summed E-state index contributed by atoms with van der Waals surface area (Å²) in [7, 11) is 0. The number of hydrogen-bond donors (Lipinski definition) is 2. The van der Waals surface area contributed by atoms with E-state index in [1.54, 1.807) is 6.92 Å².